The fourth-order valence-corrected chi connectivity index (χ4v) is 3.64. The standard InChI is InChI=1S/C18H19N3OS/c1-2-22-17-16(14-6-4-3-5-7-14)15(12-19)13-20-18(17)21-8-10-23-11-9-21/h3-7,13H,2,8-11H2,1H3. The molecule has 0 amide bonds. The predicted molar refractivity (Wildman–Crippen MR) is 95.1 cm³/mol. The van der Waals surface area contributed by atoms with Crippen molar-refractivity contribution in [3.63, 3.8) is 0 Å². The molecule has 1 aromatic carbocycles. The van der Waals surface area contributed by atoms with Crippen LogP contribution in [0.25, 0.3) is 11.1 Å². The number of benzene rings is 1. The lowest BCUT2D eigenvalue weighted by molar-refractivity contribution is 0.340. The zero-order valence-electron chi connectivity index (χ0n) is 13.2. The van der Waals surface area contributed by atoms with Crippen molar-refractivity contribution in [2.75, 3.05) is 36.1 Å². The number of aromatic nitrogens is 1. The minimum Gasteiger partial charge on any atom is -0.489 e. The molecule has 2 heterocycles. The van der Waals surface area contributed by atoms with Crippen molar-refractivity contribution < 1.29 is 4.74 Å². The second kappa shape index (κ2) is 7.38. The molecule has 0 unspecified atom stereocenters. The molecule has 1 aliphatic heterocycles. The summed E-state index contributed by atoms with van der Waals surface area (Å²) in [4.78, 5) is 6.81. The van der Waals surface area contributed by atoms with E-state index >= 15 is 0 Å². The minimum absolute atomic E-state index is 0.548. The molecule has 23 heavy (non-hydrogen) atoms. The fraction of sp³-hybridized carbons (Fsp3) is 0.333. The van der Waals surface area contributed by atoms with Gasteiger partial charge in [0.05, 0.1) is 12.2 Å². The van der Waals surface area contributed by atoms with Crippen LogP contribution in [0.15, 0.2) is 36.5 Å². The zero-order valence-corrected chi connectivity index (χ0v) is 14.0. The number of hydrogen-bond acceptors (Lipinski definition) is 5. The minimum atomic E-state index is 0.548. The van der Waals surface area contributed by atoms with Gasteiger partial charge in [0.1, 0.15) is 6.07 Å². The van der Waals surface area contributed by atoms with Crippen LogP contribution in [0, 0.1) is 11.3 Å². The number of rotatable bonds is 4. The number of thioether (sulfide) groups is 1. The third-order valence-corrected chi connectivity index (χ3v) is 4.74. The van der Waals surface area contributed by atoms with E-state index in [9.17, 15) is 5.26 Å². The maximum atomic E-state index is 9.51. The molecule has 0 radical (unpaired) electrons. The van der Waals surface area contributed by atoms with E-state index in [1.807, 2.05) is 49.0 Å². The Morgan fingerprint density at radius 2 is 2.00 bits per heavy atom. The third-order valence-electron chi connectivity index (χ3n) is 3.80. The van der Waals surface area contributed by atoms with Gasteiger partial charge in [-0.2, -0.15) is 17.0 Å². The Labute approximate surface area is 141 Å². The van der Waals surface area contributed by atoms with E-state index in [0.29, 0.717) is 12.2 Å². The number of anilines is 1. The molecule has 118 valence electrons. The fourth-order valence-electron chi connectivity index (χ4n) is 2.74. The van der Waals surface area contributed by atoms with E-state index in [1.165, 1.54) is 0 Å². The Morgan fingerprint density at radius 1 is 1.26 bits per heavy atom. The summed E-state index contributed by atoms with van der Waals surface area (Å²) in [7, 11) is 0. The molecule has 0 atom stereocenters. The average molecular weight is 325 g/mol. The molecule has 1 fully saturated rings. The SMILES string of the molecule is CCOc1c(N2CCSCC2)ncc(C#N)c1-c1ccccc1. The highest BCUT2D eigenvalue weighted by Gasteiger charge is 2.23. The lowest BCUT2D eigenvalue weighted by Crippen LogP contribution is -2.33. The lowest BCUT2D eigenvalue weighted by atomic mass is 10.0. The lowest BCUT2D eigenvalue weighted by Gasteiger charge is -2.29. The number of hydrogen-bond donors (Lipinski definition) is 0. The van der Waals surface area contributed by atoms with Crippen LogP contribution in [0.1, 0.15) is 12.5 Å². The Kier molecular flexibility index (Phi) is 5.04. The monoisotopic (exact) mass is 325 g/mol. The van der Waals surface area contributed by atoms with Gasteiger partial charge >= 0.3 is 0 Å². The van der Waals surface area contributed by atoms with Crippen LogP contribution in [0.3, 0.4) is 0 Å². The van der Waals surface area contributed by atoms with Gasteiger partial charge in [0.15, 0.2) is 11.6 Å². The first kappa shape index (κ1) is 15.7. The topological polar surface area (TPSA) is 49.1 Å². The first-order valence-corrected chi connectivity index (χ1v) is 8.94. The highest BCUT2D eigenvalue weighted by atomic mass is 32.2. The van der Waals surface area contributed by atoms with Crippen LogP contribution in [0.4, 0.5) is 5.82 Å². The van der Waals surface area contributed by atoms with Gasteiger partial charge < -0.3 is 9.64 Å². The molecule has 5 heteroatoms. The zero-order chi connectivity index (χ0) is 16.1. The quantitative estimate of drug-likeness (QED) is 0.860. The second-order valence-corrected chi connectivity index (χ2v) is 6.43. The maximum absolute atomic E-state index is 9.51. The Bertz CT molecular complexity index is 706. The van der Waals surface area contributed by atoms with Crippen molar-refractivity contribution in [2.24, 2.45) is 0 Å². The normalized spacial score (nSPS) is 14.3. The van der Waals surface area contributed by atoms with Crippen molar-refractivity contribution in [2.45, 2.75) is 6.92 Å². The van der Waals surface area contributed by atoms with Gasteiger partial charge in [-0.1, -0.05) is 30.3 Å². The molecular formula is C18H19N3OS. The Hall–Kier alpha value is -2.19. The van der Waals surface area contributed by atoms with Crippen LogP contribution in [-0.2, 0) is 0 Å². The van der Waals surface area contributed by atoms with E-state index in [2.05, 4.69) is 16.0 Å². The summed E-state index contributed by atoms with van der Waals surface area (Å²) in [6.07, 6.45) is 1.67. The first-order valence-electron chi connectivity index (χ1n) is 7.79. The summed E-state index contributed by atoms with van der Waals surface area (Å²) < 4.78 is 5.96. The molecular weight excluding hydrogens is 306 g/mol. The number of pyridine rings is 1. The summed E-state index contributed by atoms with van der Waals surface area (Å²) in [6, 6.07) is 12.2. The van der Waals surface area contributed by atoms with E-state index in [0.717, 1.165) is 47.3 Å². The summed E-state index contributed by atoms with van der Waals surface area (Å²) in [6.45, 7) is 4.42. The van der Waals surface area contributed by atoms with Gasteiger partial charge in [0, 0.05) is 36.4 Å². The van der Waals surface area contributed by atoms with Crippen molar-refractivity contribution in [3.05, 3.63) is 42.1 Å². The number of nitrogens with zero attached hydrogens (tertiary/aromatic N) is 3. The number of ether oxygens (including phenoxy) is 1. The maximum Gasteiger partial charge on any atom is 0.172 e. The van der Waals surface area contributed by atoms with Gasteiger partial charge in [0.2, 0.25) is 0 Å². The van der Waals surface area contributed by atoms with E-state index < -0.39 is 0 Å². The third kappa shape index (κ3) is 3.27. The smallest absolute Gasteiger partial charge is 0.172 e. The molecule has 1 aliphatic rings. The highest BCUT2D eigenvalue weighted by molar-refractivity contribution is 7.99. The predicted octanol–water partition coefficient (Wildman–Crippen LogP) is 3.57. The van der Waals surface area contributed by atoms with Gasteiger partial charge in [-0.3, -0.25) is 0 Å². The molecule has 1 saturated heterocycles. The molecule has 3 rings (SSSR count). The van der Waals surface area contributed by atoms with Crippen LogP contribution >= 0.6 is 11.8 Å². The summed E-state index contributed by atoms with van der Waals surface area (Å²) in [5.74, 6) is 3.76. The Morgan fingerprint density at radius 3 is 2.65 bits per heavy atom. The summed E-state index contributed by atoms with van der Waals surface area (Å²) >= 11 is 1.96. The van der Waals surface area contributed by atoms with Crippen molar-refractivity contribution in [3.8, 4) is 22.9 Å². The van der Waals surface area contributed by atoms with E-state index in [1.54, 1.807) is 6.20 Å². The van der Waals surface area contributed by atoms with Gasteiger partial charge in [-0.15, -0.1) is 0 Å². The molecule has 0 spiro atoms. The average Bonchev–Trinajstić information content (AvgIpc) is 2.63. The molecule has 2 aromatic rings. The molecule has 1 aromatic heterocycles. The van der Waals surface area contributed by atoms with Gasteiger partial charge in [-0.25, -0.2) is 4.98 Å². The first-order chi connectivity index (χ1) is 11.3. The Balaban J connectivity index is 2.16. The van der Waals surface area contributed by atoms with Crippen molar-refractivity contribution in [1.82, 2.24) is 4.98 Å². The van der Waals surface area contributed by atoms with Gasteiger partial charge in [0.25, 0.3) is 0 Å². The van der Waals surface area contributed by atoms with Crippen LogP contribution in [-0.4, -0.2) is 36.2 Å². The molecule has 0 aliphatic carbocycles. The number of nitriles is 1. The van der Waals surface area contributed by atoms with Crippen LogP contribution < -0.4 is 9.64 Å². The summed E-state index contributed by atoms with van der Waals surface area (Å²) in [5, 5.41) is 9.51. The highest BCUT2D eigenvalue weighted by Crippen LogP contribution is 2.40. The van der Waals surface area contributed by atoms with Crippen molar-refractivity contribution >= 4 is 17.6 Å². The van der Waals surface area contributed by atoms with Gasteiger partial charge in [-0.05, 0) is 12.5 Å². The second-order valence-electron chi connectivity index (χ2n) is 5.21. The van der Waals surface area contributed by atoms with Crippen molar-refractivity contribution in [1.29, 1.82) is 5.26 Å². The summed E-state index contributed by atoms with van der Waals surface area (Å²) in [5.41, 5.74) is 2.38. The van der Waals surface area contributed by atoms with E-state index in [4.69, 9.17) is 4.74 Å². The molecule has 0 saturated carbocycles. The van der Waals surface area contributed by atoms with Crippen LogP contribution in [0.2, 0.25) is 0 Å². The van der Waals surface area contributed by atoms with Crippen LogP contribution in [0.5, 0.6) is 5.75 Å². The van der Waals surface area contributed by atoms with E-state index in [-0.39, 0.29) is 0 Å². The largest absolute Gasteiger partial charge is 0.489 e. The molecule has 4 nitrogen and oxygen atoms in total. The molecule has 0 N–H and O–H groups in total. The molecule has 0 bridgehead atoms.